The summed E-state index contributed by atoms with van der Waals surface area (Å²) >= 11 is 0. The van der Waals surface area contributed by atoms with Crippen molar-refractivity contribution in [2.75, 3.05) is 32.0 Å². The Kier molecular flexibility index (Phi) is 5.73. The summed E-state index contributed by atoms with van der Waals surface area (Å²) in [4.78, 5) is 25.1. The molecule has 0 aliphatic heterocycles. The van der Waals surface area contributed by atoms with Gasteiger partial charge in [0.25, 0.3) is 0 Å². The predicted octanol–water partition coefficient (Wildman–Crippen LogP) is 3.23. The van der Waals surface area contributed by atoms with E-state index in [0.717, 1.165) is 5.56 Å². The van der Waals surface area contributed by atoms with Crippen LogP contribution in [0.25, 0.3) is 0 Å². The molecule has 7 nitrogen and oxygen atoms in total. The fourth-order valence-electron chi connectivity index (χ4n) is 3.06. The molecule has 7 heteroatoms. The van der Waals surface area contributed by atoms with Crippen LogP contribution in [0.5, 0.6) is 17.2 Å². The Labute approximate surface area is 164 Å². The summed E-state index contributed by atoms with van der Waals surface area (Å²) in [5.74, 6) is 0.549. The first-order valence-corrected chi connectivity index (χ1v) is 8.95. The van der Waals surface area contributed by atoms with E-state index >= 15 is 0 Å². The average molecular weight is 384 g/mol. The number of carbonyl (C=O) groups is 2. The molecule has 3 rings (SSSR count). The van der Waals surface area contributed by atoms with E-state index in [4.69, 9.17) is 14.2 Å². The maximum atomic E-state index is 12.6. The van der Waals surface area contributed by atoms with Crippen LogP contribution in [0.15, 0.2) is 36.4 Å². The maximum absolute atomic E-state index is 12.6. The minimum absolute atomic E-state index is 0.193. The average Bonchev–Trinajstić information content (AvgIpc) is 3.49. The van der Waals surface area contributed by atoms with Crippen LogP contribution in [-0.2, 0) is 9.59 Å². The second-order valence-corrected chi connectivity index (χ2v) is 6.70. The van der Waals surface area contributed by atoms with E-state index in [1.807, 2.05) is 19.1 Å². The fraction of sp³-hybridized carbons (Fsp3) is 0.333. The number of hydrogen-bond acceptors (Lipinski definition) is 5. The largest absolute Gasteiger partial charge is 0.497 e. The molecule has 1 aliphatic carbocycles. The second-order valence-electron chi connectivity index (χ2n) is 6.70. The molecule has 0 radical (unpaired) electrons. The van der Waals surface area contributed by atoms with E-state index in [0.29, 0.717) is 35.0 Å². The summed E-state index contributed by atoms with van der Waals surface area (Å²) in [6.45, 7) is 1.93. The summed E-state index contributed by atoms with van der Waals surface area (Å²) < 4.78 is 15.7. The molecule has 2 amide bonds. The van der Waals surface area contributed by atoms with Crippen LogP contribution >= 0.6 is 0 Å². The lowest BCUT2D eigenvalue weighted by Crippen LogP contribution is -2.21. The van der Waals surface area contributed by atoms with Gasteiger partial charge in [-0.3, -0.25) is 9.59 Å². The van der Waals surface area contributed by atoms with Crippen molar-refractivity contribution in [3.05, 3.63) is 42.0 Å². The molecular formula is C21H24N2O5. The quantitative estimate of drug-likeness (QED) is 0.765. The molecule has 2 atom stereocenters. The fourth-order valence-corrected chi connectivity index (χ4v) is 3.06. The molecule has 0 saturated heterocycles. The third-order valence-electron chi connectivity index (χ3n) is 4.74. The van der Waals surface area contributed by atoms with E-state index < -0.39 is 0 Å². The molecular weight excluding hydrogens is 360 g/mol. The number of hydrogen-bond donors (Lipinski definition) is 2. The number of anilines is 2. The molecule has 1 fully saturated rings. The van der Waals surface area contributed by atoms with Gasteiger partial charge in [-0.25, -0.2) is 0 Å². The first kappa shape index (κ1) is 19.5. The molecule has 0 spiro atoms. The zero-order valence-electron chi connectivity index (χ0n) is 16.4. The zero-order valence-corrected chi connectivity index (χ0v) is 16.4. The van der Waals surface area contributed by atoms with Gasteiger partial charge in [-0.1, -0.05) is 6.07 Å². The van der Waals surface area contributed by atoms with Crippen LogP contribution in [0.1, 0.15) is 12.0 Å². The molecule has 1 aliphatic rings. The van der Waals surface area contributed by atoms with Crippen molar-refractivity contribution in [1.82, 2.24) is 0 Å². The SMILES string of the molecule is COc1ccc(OC)c(NC(=O)C2CC2C(=O)Nc2cc(C)ccc2OC)c1. The second kappa shape index (κ2) is 8.21. The van der Waals surface area contributed by atoms with Gasteiger partial charge >= 0.3 is 0 Å². The Bertz CT molecular complexity index is 896. The van der Waals surface area contributed by atoms with Crippen LogP contribution in [-0.4, -0.2) is 33.1 Å². The van der Waals surface area contributed by atoms with Crippen molar-refractivity contribution in [3.8, 4) is 17.2 Å². The van der Waals surface area contributed by atoms with Gasteiger partial charge in [0.05, 0.1) is 44.5 Å². The van der Waals surface area contributed by atoms with Gasteiger partial charge < -0.3 is 24.8 Å². The topological polar surface area (TPSA) is 85.9 Å². The standard InChI is InChI=1S/C21H24N2O5/c1-12-5-7-18(27-3)16(9-12)22-20(24)14-11-15(14)21(25)23-17-10-13(26-2)6-8-19(17)28-4/h5-10,14-15H,11H2,1-4H3,(H,22,24)(H,23,25). The normalized spacial score (nSPS) is 17.4. The number of ether oxygens (including phenoxy) is 3. The summed E-state index contributed by atoms with van der Waals surface area (Å²) in [6.07, 6.45) is 0.498. The molecule has 0 heterocycles. The monoisotopic (exact) mass is 384 g/mol. The number of methoxy groups -OCH3 is 3. The van der Waals surface area contributed by atoms with Crippen LogP contribution < -0.4 is 24.8 Å². The van der Waals surface area contributed by atoms with Crippen molar-refractivity contribution < 1.29 is 23.8 Å². The van der Waals surface area contributed by atoms with Crippen LogP contribution in [0.4, 0.5) is 11.4 Å². The number of rotatable bonds is 7. The Balaban J connectivity index is 1.64. The highest BCUT2D eigenvalue weighted by Gasteiger charge is 2.48. The van der Waals surface area contributed by atoms with Crippen LogP contribution in [0.2, 0.25) is 0 Å². The lowest BCUT2D eigenvalue weighted by atomic mass is 10.2. The highest BCUT2D eigenvalue weighted by molar-refractivity contribution is 6.04. The number of nitrogens with one attached hydrogen (secondary N) is 2. The van der Waals surface area contributed by atoms with Gasteiger partial charge in [-0.05, 0) is 43.2 Å². The highest BCUT2D eigenvalue weighted by Crippen LogP contribution is 2.41. The van der Waals surface area contributed by atoms with Gasteiger partial charge in [0, 0.05) is 6.07 Å². The summed E-state index contributed by atoms with van der Waals surface area (Å²) in [5, 5.41) is 5.69. The van der Waals surface area contributed by atoms with E-state index in [9.17, 15) is 9.59 Å². The molecule has 148 valence electrons. The molecule has 28 heavy (non-hydrogen) atoms. The van der Waals surface area contributed by atoms with Crippen LogP contribution in [0.3, 0.4) is 0 Å². The smallest absolute Gasteiger partial charge is 0.228 e. The van der Waals surface area contributed by atoms with E-state index in [2.05, 4.69) is 10.6 Å². The molecule has 2 aromatic rings. The number of benzene rings is 2. The van der Waals surface area contributed by atoms with Crippen LogP contribution in [0, 0.1) is 18.8 Å². The zero-order chi connectivity index (χ0) is 20.3. The van der Waals surface area contributed by atoms with Crippen molar-refractivity contribution >= 4 is 23.2 Å². The predicted molar refractivity (Wildman–Crippen MR) is 106 cm³/mol. The third kappa shape index (κ3) is 4.19. The first-order valence-electron chi connectivity index (χ1n) is 8.95. The maximum Gasteiger partial charge on any atom is 0.228 e. The summed E-state index contributed by atoms with van der Waals surface area (Å²) in [5.41, 5.74) is 2.12. The Morgan fingerprint density at radius 1 is 0.821 bits per heavy atom. The molecule has 0 bridgehead atoms. The van der Waals surface area contributed by atoms with E-state index in [-0.39, 0.29) is 23.7 Å². The van der Waals surface area contributed by atoms with Crippen molar-refractivity contribution in [2.45, 2.75) is 13.3 Å². The lowest BCUT2D eigenvalue weighted by Gasteiger charge is -2.12. The molecule has 1 saturated carbocycles. The van der Waals surface area contributed by atoms with Crippen molar-refractivity contribution in [3.63, 3.8) is 0 Å². The van der Waals surface area contributed by atoms with E-state index in [1.165, 1.54) is 7.11 Å². The number of carbonyl (C=O) groups excluding carboxylic acids is 2. The third-order valence-corrected chi connectivity index (χ3v) is 4.74. The minimum atomic E-state index is -0.383. The highest BCUT2D eigenvalue weighted by atomic mass is 16.5. The van der Waals surface area contributed by atoms with Gasteiger partial charge in [0.15, 0.2) is 0 Å². The number of aryl methyl sites for hydroxylation is 1. The molecule has 2 N–H and O–H groups in total. The first-order chi connectivity index (χ1) is 13.5. The van der Waals surface area contributed by atoms with Crippen molar-refractivity contribution in [1.29, 1.82) is 0 Å². The van der Waals surface area contributed by atoms with Gasteiger partial charge in [-0.2, -0.15) is 0 Å². The Hall–Kier alpha value is -3.22. The van der Waals surface area contributed by atoms with Gasteiger partial charge in [0.2, 0.25) is 11.8 Å². The Morgan fingerprint density at radius 3 is 1.89 bits per heavy atom. The number of amides is 2. The van der Waals surface area contributed by atoms with E-state index in [1.54, 1.807) is 38.5 Å². The van der Waals surface area contributed by atoms with Crippen molar-refractivity contribution in [2.24, 2.45) is 11.8 Å². The molecule has 2 aromatic carbocycles. The summed E-state index contributed by atoms with van der Waals surface area (Å²) in [7, 11) is 4.63. The van der Waals surface area contributed by atoms with Gasteiger partial charge in [-0.15, -0.1) is 0 Å². The van der Waals surface area contributed by atoms with Gasteiger partial charge in [0.1, 0.15) is 17.2 Å². The summed E-state index contributed by atoms with van der Waals surface area (Å²) in [6, 6.07) is 10.7. The minimum Gasteiger partial charge on any atom is -0.497 e. The molecule has 2 unspecified atom stereocenters. The molecule has 0 aromatic heterocycles. The Morgan fingerprint density at radius 2 is 1.36 bits per heavy atom. The lowest BCUT2D eigenvalue weighted by molar-refractivity contribution is -0.122.